The molecule has 2 heterocycles. The Morgan fingerprint density at radius 3 is 3.56 bits per heavy atom. The number of ether oxygens (including phenoxy) is 1. The summed E-state index contributed by atoms with van der Waals surface area (Å²) in [5.74, 6) is 1.66. The lowest BCUT2D eigenvalue weighted by Gasteiger charge is -1.91. The van der Waals surface area contributed by atoms with Gasteiger partial charge in [-0.15, -0.1) is 0 Å². The minimum atomic E-state index is 0.737. The molecule has 1 aliphatic rings. The summed E-state index contributed by atoms with van der Waals surface area (Å²) in [7, 11) is 0. The van der Waals surface area contributed by atoms with E-state index in [1.807, 2.05) is 6.07 Å². The van der Waals surface area contributed by atoms with Gasteiger partial charge in [-0.05, 0) is 6.07 Å². The maximum Gasteiger partial charge on any atom is 0.152 e. The highest BCUT2D eigenvalue weighted by Gasteiger charge is 2.10. The summed E-state index contributed by atoms with van der Waals surface area (Å²) in [5, 5.41) is 0. The molecule has 0 spiro atoms. The lowest BCUT2D eigenvalue weighted by atomic mass is 10.5. The molecule has 9 heavy (non-hydrogen) atoms. The molecular weight excluding hydrogens is 134 g/mol. The molecule has 0 aliphatic carbocycles. The molecule has 0 radical (unpaired) electrons. The number of fused-ring (bicyclic) bond motifs is 1. The van der Waals surface area contributed by atoms with Crippen molar-refractivity contribution in [3.05, 3.63) is 18.5 Å². The van der Waals surface area contributed by atoms with E-state index in [0.717, 1.165) is 11.7 Å². The summed E-state index contributed by atoms with van der Waals surface area (Å²) >= 11 is 1.71. The Morgan fingerprint density at radius 2 is 2.67 bits per heavy atom. The SMILES string of the molecule is c1cc2c(cn1)OCS2. The van der Waals surface area contributed by atoms with Gasteiger partial charge in [0.15, 0.2) is 5.75 Å². The first-order chi connectivity index (χ1) is 4.47. The van der Waals surface area contributed by atoms with E-state index < -0.39 is 0 Å². The van der Waals surface area contributed by atoms with Gasteiger partial charge in [0, 0.05) is 6.20 Å². The number of pyridine rings is 1. The zero-order valence-electron chi connectivity index (χ0n) is 4.70. The number of rotatable bonds is 0. The van der Waals surface area contributed by atoms with Crippen LogP contribution in [0.4, 0.5) is 0 Å². The highest BCUT2D eigenvalue weighted by Crippen LogP contribution is 2.34. The topological polar surface area (TPSA) is 22.1 Å². The van der Waals surface area contributed by atoms with Gasteiger partial charge in [0.25, 0.3) is 0 Å². The maximum absolute atomic E-state index is 5.20. The summed E-state index contributed by atoms with van der Waals surface area (Å²) < 4.78 is 5.20. The number of nitrogens with zero attached hydrogens (tertiary/aromatic N) is 1. The second-order valence-corrected chi connectivity index (χ2v) is 2.69. The van der Waals surface area contributed by atoms with Crippen LogP contribution >= 0.6 is 11.8 Å². The first kappa shape index (κ1) is 5.11. The summed E-state index contributed by atoms with van der Waals surface area (Å²) in [6.45, 7) is 0. The Hall–Kier alpha value is -0.700. The molecule has 0 bridgehead atoms. The van der Waals surface area contributed by atoms with Crippen LogP contribution in [0.2, 0.25) is 0 Å². The van der Waals surface area contributed by atoms with Gasteiger partial charge in [-0.1, -0.05) is 11.8 Å². The fraction of sp³-hybridized carbons (Fsp3) is 0.167. The number of hydrogen-bond acceptors (Lipinski definition) is 3. The first-order valence-corrected chi connectivity index (χ1v) is 3.65. The molecule has 0 fully saturated rings. The van der Waals surface area contributed by atoms with Crippen molar-refractivity contribution in [2.75, 3.05) is 5.94 Å². The van der Waals surface area contributed by atoms with E-state index in [0.29, 0.717) is 0 Å². The average Bonchev–Trinajstić information content (AvgIpc) is 2.33. The number of thioether (sulfide) groups is 1. The third-order valence-electron chi connectivity index (χ3n) is 1.18. The largest absolute Gasteiger partial charge is 0.480 e. The molecule has 0 saturated carbocycles. The van der Waals surface area contributed by atoms with Crippen LogP contribution in [0.15, 0.2) is 23.4 Å². The summed E-state index contributed by atoms with van der Waals surface area (Å²) in [4.78, 5) is 5.12. The summed E-state index contributed by atoms with van der Waals surface area (Å²) in [6, 6.07) is 1.97. The maximum atomic E-state index is 5.20. The normalized spacial score (nSPS) is 14.7. The van der Waals surface area contributed by atoms with Crippen molar-refractivity contribution in [3.63, 3.8) is 0 Å². The average molecular weight is 139 g/mol. The molecule has 0 saturated heterocycles. The van der Waals surface area contributed by atoms with E-state index >= 15 is 0 Å². The minimum absolute atomic E-state index is 0.737. The van der Waals surface area contributed by atoms with E-state index in [1.54, 1.807) is 24.2 Å². The summed E-state index contributed by atoms with van der Waals surface area (Å²) in [5.41, 5.74) is 0. The highest BCUT2D eigenvalue weighted by molar-refractivity contribution is 7.99. The molecule has 46 valence electrons. The second kappa shape index (κ2) is 1.92. The van der Waals surface area contributed by atoms with E-state index in [4.69, 9.17) is 4.74 Å². The van der Waals surface area contributed by atoms with Crippen LogP contribution in [0.3, 0.4) is 0 Å². The van der Waals surface area contributed by atoms with Crippen LogP contribution in [0.5, 0.6) is 5.75 Å². The Balaban J connectivity index is 2.54. The molecule has 0 aromatic carbocycles. The minimum Gasteiger partial charge on any atom is -0.480 e. The van der Waals surface area contributed by atoms with Crippen LogP contribution in [-0.4, -0.2) is 10.9 Å². The molecule has 3 heteroatoms. The smallest absolute Gasteiger partial charge is 0.152 e. The van der Waals surface area contributed by atoms with E-state index in [1.165, 1.54) is 4.90 Å². The molecule has 2 nitrogen and oxygen atoms in total. The molecule has 0 amide bonds. The fourth-order valence-corrected chi connectivity index (χ4v) is 1.48. The van der Waals surface area contributed by atoms with E-state index in [9.17, 15) is 0 Å². The van der Waals surface area contributed by atoms with Crippen LogP contribution in [0.1, 0.15) is 0 Å². The molecule has 1 aromatic rings. The second-order valence-electron chi connectivity index (χ2n) is 1.73. The molecule has 0 atom stereocenters. The number of aromatic nitrogens is 1. The van der Waals surface area contributed by atoms with Gasteiger partial charge in [0.05, 0.1) is 11.1 Å². The third kappa shape index (κ3) is 0.772. The Morgan fingerprint density at radius 1 is 1.67 bits per heavy atom. The van der Waals surface area contributed by atoms with Gasteiger partial charge in [0.1, 0.15) is 5.94 Å². The third-order valence-corrected chi connectivity index (χ3v) is 2.06. The quantitative estimate of drug-likeness (QED) is 0.544. The lowest BCUT2D eigenvalue weighted by Crippen LogP contribution is -1.82. The molecule has 0 unspecified atom stereocenters. The zero-order chi connectivity index (χ0) is 6.10. The summed E-state index contributed by atoms with van der Waals surface area (Å²) in [6.07, 6.45) is 3.52. The highest BCUT2D eigenvalue weighted by atomic mass is 32.2. The van der Waals surface area contributed by atoms with Crippen molar-refractivity contribution in [3.8, 4) is 5.75 Å². The Kier molecular flexibility index (Phi) is 1.09. The van der Waals surface area contributed by atoms with Gasteiger partial charge >= 0.3 is 0 Å². The van der Waals surface area contributed by atoms with E-state index in [-0.39, 0.29) is 0 Å². The van der Waals surface area contributed by atoms with Gasteiger partial charge in [-0.25, -0.2) is 0 Å². The van der Waals surface area contributed by atoms with Crippen molar-refractivity contribution < 1.29 is 4.74 Å². The monoisotopic (exact) mass is 139 g/mol. The Bertz CT molecular complexity index is 203. The zero-order valence-corrected chi connectivity index (χ0v) is 5.52. The van der Waals surface area contributed by atoms with Crippen molar-refractivity contribution in [1.29, 1.82) is 0 Å². The molecule has 1 aliphatic heterocycles. The van der Waals surface area contributed by atoms with Crippen molar-refractivity contribution in [2.45, 2.75) is 4.90 Å². The standard InChI is InChI=1S/C6H5NOS/c1-2-7-3-5-6(1)9-4-8-5/h1-3H,4H2. The van der Waals surface area contributed by atoms with Crippen molar-refractivity contribution in [2.24, 2.45) is 0 Å². The lowest BCUT2D eigenvalue weighted by molar-refractivity contribution is 0.396. The molecule has 2 rings (SSSR count). The molecule has 1 aromatic heterocycles. The van der Waals surface area contributed by atoms with Crippen LogP contribution in [-0.2, 0) is 0 Å². The van der Waals surface area contributed by atoms with Crippen molar-refractivity contribution in [1.82, 2.24) is 4.98 Å². The van der Waals surface area contributed by atoms with Crippen LogP contribution < -0.4 is 4.74 Å². The number of hydrogen-bond donors (Lipinski definition) is 0. The van der Waals surface area contributed by atoms with Gasteiger partial charge in [-0.3, -0.25) is 4.98 Å². The first-order valence-electron chi connectivity index (χ1n) is 2.66. The van der Waals surface area contributed by atoms with Gasteiger partial charge < -0.3 is 4.74 Å². The molecular formula is C6H5NOS. The van der Waals surface area contributed by atoms with Gasteiger partial charge in [-0.2, -0.15) is 0 Å². The van der Waals surface area contributed by atoms with E-state index in [2.05, 4.69) is 4.98 Å². The van der Waals surface area contributed by atoms with Crippen molar-refractivity contribution >= 4 is 11.8 Å². The van der Waals surface area contributed by atoms with Crippen LogP contribution in [0.25, 0.3) is 0 Å². The van der Waals surface area contributed by atoms with Gasteiger partial charge in [0.2, 0.25) is 0 Å². The van der Waals surface area contributed by atoms with Crippen LogP contribution in [0, 0.1) is 0 Å². The predicted molar refractivity (Wildman–Crippen MR) is 35.6 cm³/mol. The predicted octanol–water partition coefficient (Wildman–Crippen LogP) is 1.52. The Labute approximate surface area is 57.2 Å². The fourth-order valence-electron chi connectivity index (χ4n) is 0.751. The molecule has 0 N–H and O–H groups in total.